The van der Waals surface area contributed by atoms with Crippen LogP contribution in [0.3, 0.4) is 0 Å². The summed E-state index contributed by atoms with van der Waals surface area (Å²) in [7, 11) is 0. The minimum Gasteiger partial charge on any atom is -0.478 e. The van der Waals surface area contributed by atoms with Crippen molar-refractivity contribution >= 4 is 5.97 Å². The van der Waals surface area contributed by atoms with Crippen molar-refractivity contribution in [2.24, 2.45) is 45.3 Å². The Morgan fingerprint density at radius 1 is 1.09 bits per heavy atom. The highest BCUT2D eigenvalue weighted by Crippen LogP contribution is 2.73. The van der Waals surface area contributed by atoms with Crippen LogP contribution in [0.5, 0.6) is 0 Å². The molecule has 3 saturated carbocycles. The van der Waals surface area contributed by atoms with Crippen LogP contribution in [-0.4, -0.2) is 22.3 Å². The number of carbonyl (C=O) groups is 1. The average molecular weight is 457 g/mol. The highest BCUT2D eigenvalue weighted by molar-refractivity contribution is 5.85. The third kappa shape index (κ3) is 3.58. The maximum absolute atomic E-state index is 11.1. The van der Waals surface area contributed by atoms with Crippen LogP contribution < -0.4 is 0 Å². The summed E-state index contributed by atoms with van der Waals surface area (Å²) in [5, 5.41) is 20.0. The molecule has 0 amide bonds. The van der Waals surface area contributed by atoms with Gasteiger partial charge in [-0.3, -0.25) is 0 Å². The highest BCUT2D eigenvalue weighted by atomic mass is 16.4. The lowest BCUT2D eigenvalue weighted by atomic mass is 9.41. The number of aliphatic hydroxyl groups excluding tert-OH is 1. The van der Waals surface area contributed by atoms with E-state index in [4.69, 9.17) is 5.11 Å². The van der Waals surface area contributed by atoms with Crippen molar-refractivity contribution < 1.29 is 15.0 Å². The van der Waals surface area contributed by atoms with E-state index in [1.165, 1.54) is 32.1 Å². The van der Waals surface area contributed by atoms with Gasteiger partial charge in [-0.2, -0.15) is 0 Å². The molecule has 3 fully saturated rings. The van der Waals surface area contributed by atoms with E-state index in [1.54, 1.807) is 12.5 Å². The van der Waals surface area contributed by atoms with Crippen LogP contribution in [0.15, 0.2) is 23.3 Å². The molecule has 0 aromatic carbocycles. The van der Waals surface area contributed by atoms with E-state index in [-0.39, 0.29) is 16.9 Å². The maximum atomic E-state index is 11.1. The number of aliphatic hydroxyl groups is 1. The van der Waals surface area contributed by atoms with Gasteiger partial charge in [0.1, 0.15) is 0 Å². The van der Waals surface area contributed by atoms with Gasteiger partial charge in [0.05, 0.1) is 6.10 Å². The van der Waals surface area contributed by atoms with E-state index in [2.05, 4.69) is 47.6 Å². The fourth-order valence-electron chi connectivity index (χ4n) is 9.52. The van der Waals surface area contributed by atoms with E-state index >= 15 is 0 Å². The summed E-state index contributed by atoms with van der Waals surface area (Å²) in [5.41, 5.74) is 3.11. The van der Waals surface area contributed by atoms with E-state index in [0.717, 1.165) is 25.7 Å². The first-order chi connectivity index (χ1) is 15.3. The Hall–Kier alpha value is -1.09. The number of carboxylic acid groups (broad SMARTS) is 1. The molecule has 4 rings (SSSR count). The van der Waals surface area contributed by atoms with Crippen LogP contribution in [0.2, 0.25) is 0 Å². The summed E-state index contributed by atoms with van der Waals surface area (Å²) in [6.07, 6.45) is 14.7. The van der Waals surface area contributed by atoms with Gasteiger partial charge in [-0.25, -0.2) is 4.79 Å². The molecular weight excluding hydrogens is 408 g/mol. The smallest absolute Gasteiger partial charge is 0.330 e. The average Bonchev–Trinajstić information content (AvgIpc) is 3.02. The zero-order chi connectivity index (χ0) is 24.4. The van der Waals surface area contributed by atoms with Crippen molar-refractivity contribution in [1.82, 2.24) is 0 Å². The molecule has 0 saturated heterocycles. The molecule has 186 valence electrons. The molecule has 0 aromatic heterocycles. The minimum atomic E-state index is -0.796. The molecule has 4 aliphatic carbocycles. The van der Waals surface area contributed by atoms with Crippen LogP contribution in [0.1, 0.15) is 106 Å². The number of allylic oxidation sites excluding steroid dienone is 3. The monoisotopic (exact) mass is 456 g/mol. The van der Waals surface area contributed by atoms with Gasteiger partial charge in [0.15, 0.2) is 0 Å². The molecular formula is C30H48O3. The van der Waals surface area contributed by atoms with E-state index in [1.807, 2.05) is 6.08 Å². The molecule has 33 heavy (non-hydrogen) atoms. The Balaban J connectivity index is 1.59. The predicted molar refractivity (Wildman–Crippen MR) is 135 cm³/mol. The SMILES string of the molecule is C/C(=C\CC[C@@H](C)[C@H]1CC[C@@]2(C)[C@@H]3CC[C@H]4C(C)(C)[C@H](O)CC[C@]4(C)C3=CC[C@]12C)C(=O)O. The normalized spacial score (nSPS) is 45.5. The molecule has 3 nitrogen and oxygen atoms in total. The largest absolute Gasteiger partial charge is 0.478 e. The van der Waals surface area contributed by atoms with Gasteiger partial charge >= 0.3 is 5.97 Å². The molecule has 0 aromatic rings. The Kier molecular flexibility index (Phi) is 6.25. The lowest BCUT2D eigenvalue weighted by Crippen LogP contribution is -2.57. The number of carboxylic acids is 1. The van der Waals surface area contributed by atoms with Crippen molar-refractivity contribution in [2.45, 2.75) is 112 Å². The molecule has 0 radical (unpaired) electrons. The molecule has 0 unspecified atom stereocenters. The van der Waals surface area contributed by atoms with Gasteiger partial charge in [0.25, 0.3) is 0 Å². The van der Waals surface area contributed by atoms with Crippen LogP contribution in [0.25, 0.3) is 0 Å². The van der Waals surface area contributed by atoms with Gasteiger partial charge in [-0.05, 0) is 110 Å². The third-order valence-electron chi connectivity index (χ3n) is 12.0. The molecule has 0 heterocycles. The second-order valence-electron chi connectivity index (χ2n) is 13.6. The zero-order valence-corrected chi connectivity index (χ0v) is 22.2. The highest BCUT2D eigenvalue weighted by Gasteiger charge is 2.65. The summed E-state index contributed by atoms with van der Waals surface area (Å²) >= 11 is 0. The maximum Gasteiger partial charge on any atom is 0.330 e. The molecule has 0 bridgehead atoms. The fourth-order valence-corrected chi connectivity index (χ4v) is 9.52. The van der Waals surface area contributed by atoms with Gasteiger partial charge in [0, 0.05) is 5.57 Å². The van der Waals surface area contributed by atoms with Gasteiger partial charge in [-0.15, -0.1) is 0 Å². The first-order valence-electron chi connectivity index (χ1n) is 13.6. The summed E-state index contributed by atoms with van der Waals surface area (Å²) in [6.45, 7) is 16.5. The first kappa shape index (κ1) is 25.0. The van der Waals surface area contributed by atoms with Crippen molar-refractivity contribution in [1.29, 1.82) is 0 Å². The lowest BCUT2D eigenvalue weighted by molar-refractivity contribution is -0.132. The Bertz CT molecular complexity index is 853. The lowest BCUT2D eigenvalue weighted by Gasteiger charge is -2.64. The Morgan fingerprint density at radius 3 is 2.45 bits per heavy atom. The second kappa shape index (κ2) is 8.25. The van der Waals surface area contributed by atoms with Crippen LogP contribution >= 0.6 is 0 Å². The summed E-state index contributed by atoms with van der Waals surface area (Å²) in [6, 6.07) is 0. The topological polar surface area (TPSA) is 57.5 Å². The third-order valence-corrected chi connectivity index (χ3v) is 12.0. The van der Waals surface area contributed by atoms with Crippen LogP contribution in [0.4, 0.5) is 0 Å². The molecule has 2 N–H and O–H groups in total. The molecule has 0 aliphatic heterocycles. The van der Waals surface area contributed by atoms with Crippen molar-refractivity contribution in [3.63, 3.8) is 0 Å². The zero-order valence-electron chi connectivity index (χ0n) is 22.2. The fraction of sp³-hybridized carbons (Fsp3) is 0.833. The number of rotatable bonds is 5. The molecule has 3 heteroatoms. The van der Waals surface area contributed by atoms with Gasteiger partial charge in [-0.1, -0.05) is 59.3 Å². The first-order valence-corrected chi connectivity index (χ1v) is 13.6. The van der Waals surface area contributed by atoms with Crippen LogP contribution in [-0.2, 0) is 4.79 Å². The minimum absolute atomic E-state index is 0.00517. The molecule has 4 aliphatic rings. The van der Waals surface area contributed by atoms with E-state index < -0.39 is 5.97 Å². The number of hydrogen-bond donors (Lipinski definition) is 2. The molecule has 8 atom stereocenters. The molecule has 0 spiro atoms. The van der Waals surface area contributed by atoms with E-state index in [9.17, 15) is 9.90 Å². The van der Waals surface area contributed by atoms with Gasteiger partial charge < -0.3 is 10.2 Å². The van der Waals surface area contributed by atoms with E-state index in [0.29, 0.717) is 40.1 Å². The van der Waals surface area contributed by atoms with Crippen LogP contribution in [0, 0.1) is 45.3 Å². The second-order valence-corrected chi connectivity index (χ2v) is 13.6. The van der Waals surface area contributed by atoms with Crippen molar-refractivity contribution in [3.05, 3.63) is 23.3 Å². The number of hydrogen-bond acceptors (Lipinski definition) is 2. The van der Waals surface area contributed by atoms with Crippen molar-refractivity contribution in [2.75, 3.05) is 0 Å². The van der Waals surface area contributed by atoms with Gasteiger partial charge in [0.2, 0.25) is 0 Å². The standard InChI is InChI=1S/C30H48O3/c1-19(9-8-10-20(2)26(32)33)21-13-17-30(7)23-11-12-24-27(3,4)25(31)15-16-28(24,5)22(23)14-18-29(21,30)6/h10,14,19,21,23-25,31H,8-9,11-13,15-18H2,1-7H3,(H,32,33)/b20-10+/t19-,21-,23-,24+,25-,28-,29-,30+/m1/s1. The number of aliphatic carboxylic acids is 1. The summed E-state index contributed by atoms with van der Waals surface area (Å²) in [5.74, 6) is 1.77. The Morgan fingerprint density at radius 2 is 1.79 bits per heavy atom. The Labute approximate surface area is 202 Å². The van der Waals surface area contributed by atoms with Crippen molar-refractivity contribution in [3.8, 4) is 0 Å². The number of fused-ring (bicyclic) bond motifs is 5. The quantitative estimate of drug-likeness (QED) is 0.335. The summed E-state index contributed by atoms with van der Waals surface area (Å²) < 4.78 is 0. The summed E-state index contributed by atoms with van der Waals surface area (Å²) in [4.78, 5) is 11.1. The predicted octanol–water partition coefficient (Wildman–Crippen LogP) is 7.40.